The molecule has 16 heavy (non-hydrogen) atoms. The van der Waals surface area contributed by atoms with Crippen LogP contribution in [0.1, 0.15) is 12.6 Å². The zero-order chi connectivity index (χ0) is 11.4. The minimum Gasteiger partial charge on any atom is -0.439 e. The molecule has 0 aliphatic heterocycles. The summed E-state index contributed by atoms with van der Waals surface area (Å²) in [6.07, 6.45) is 2.41. The number of ether oxygens (including phenoxy) is 1. The van der Waals surface area contributed by atoms with E-state index in [1.807, 2.05) is 30.3 Å². The molecular formula is C12H11IN2O. The summed E-state index contributed by atoms with van der Waals surface area (Å²) in [7, 11) is 0. The number of hydrogen-bond donors (Lipinski definition) is 0. The van der Waals surface area contributed by atoms with E-state index in [1.54, 1.807) is 0 Å². The lowest BCUT2D eigenvalue weighted by molar-refractivity contribution is 0.460. The highest BCUT2D eigenvalue weighted by atomic mass is 127. The maximum atomic E-state index is 5.62. The Morgan fingerprint density at radius 3 is 2.62 bits per heavy atom. The van der Waals surface area contributed by atoms with E-state index in [4.69, 9.17) is 4.74 Å². The fourth-order valence-electron chi connectivity index (χ4n) is 1.25. The summed E-state index contributed by atoms with van der Waals surface area (Å²) in [5.41, 5.74) is 0.982. The molecule has 0 unspecified atom stereocenters. The Balaban J connectivity index is 2.16. The highest BCUT2D eigenvalue weighted by Crippen LogP contribution is 2.20. The van der Waals surface area contributed by atoms with Crippen molar-refractivity contribution in [1.29, 1.82) is 0 Å². The van der Waals surface area contributed by atoms with Crippen molar-refractivity contribution in [3.8, 4) is 11.6 Å². The SMILES string of the molecule is CCc1cc(Oc2ccc(I)cc2)ncn1. The fourth-order valence-corrected chi connectivity index (χ4v) is 1.61. The first kappa shape index (κ1) is 11.3. The summed E-state index contributed by atoms with van der Waals surface area (Å²) in [5.74, 6) is 1.38. The first-order valence-electron chi connectivity index (χ1n) is 5.02. The van der Waals surface area contributed by atoms with E-state index in [-0.39, 0.29) is 0 Å². The van der Waals surface area contributed by atoms with E-state index in [9.17, 15) is 0 Å². The number of benzene rings is 1. The molecule has 3 nitrogen and oxygen atoms in total. The normalized spacial score (nSPS) is 10.1. The van der Waals surface area contributed by atoms with Crippen molar-refractivity contribution in [2.45, 2.75) is 13.3 Å². The lowest BCUT2D eigenvalue weighted by Crippen LogP contribution is -1.92. The predicted octanol–water partition coefficient (Wildman–Crippen LogP) is 3.44. The van der Waals surface area contributed by atoms with Gasteiger partial charge in [0.1, 0.15) is 12.1 Å². The van der Waals surface area contributed by atoms with Crippen molar-refractivity contribution >= 4 is 22.6 Å². The lowest BCUT2D eigenvalue weighted by Gasteiger charge is -2.05. The molecular weight excluding hydrogens is 315 g/mol. The number of rotatable bonds is 3. The number of aromatic nitrogens is 2. The van der Waals surface area contributed by atoms with Gasteiger partial charge in [0.15, 0.2) is 0 Å². The summed E-state index contributed by atoms with van der Waals surface area (Å²) in [4.78, 5) is 8.19. The van der Waals surface area contributed by atoms with Gasteiger partial charge in [-0.25, -0.2) is 9.97 Å². The van der Waals surface area contributed by atoms with Crippen molar-refractivity contribution in [2.75, 3.05) is 0 Å². The van der Waals surface area contributed by atoms with E-state index in [1.165, 1.54) is 9.90 Å². The number of aryl methyl sites for hydroxylation is 1. The van der Waals surface area contributed by atoms with Crippen LogP contribution in [0, 0.1) is 3.57 Å². The van der Waals surface area contributed by atoms with Gasteiger partial charge in [-0.15, -0.1) is 0 Å². The molecule has 4 heteroatoms. The van der Waals surface area contributed by atoms with Crippen LogP contribution in [0.25, 0.3) is 0 Å². The third kappa shape index (κ3) is 2.91. The molecule has 2 aromatic rings. The average molecular weight is 326 g/mol. The van der Waals surface area contributed by atoms with Crippen molar-refractivity contribution in [3.63, 3.8) is 0 Å². The van der Waals surface area contributed by atoms with Crippen molar-refractivity contribution < 1.29 is 4.74 Å². The van der Waals surface area contributed by atoms with Gasteiger partial charge < -0.3 is 4.74 Å². The monoisotopic (exact) mass is 326 g/mol. The second-order valence-electron chi connectivity index (χ2n) is 3.26. The Hall–Kier alpha value is -1.17. The standard InChI is InChI=1S/C12H11IN2O/c1-2-10-7-12(15-8-14-10)16-11-5-3-9(13)4-6-11/h3-8H,2H2,1H3. The molecule has 1 aromatic heterocycles. The molecule has 0 spiro atoms. The highest BCUT2D eigenvalue weighted by Gasteiger charge is 2.00. The topological polar surface area (TPSA) is 35.0 Å². The Morgan fingerprint density at radius 1 is 1.19 bits per heavy atom. The van der Waals surface area contributed by atoms with Crippen LogP contribution in [0.2, 0.25) is 0 Å². The molecule has 1 heterocycles. The molecule has 82 valence electrons. The van der Waals surface area contributed by atoms with Gasteiger partial charge in [-0.3, -0.25) is 0 Å². The highest BCUT2D eigenvalue weighted by molar-refractivity contribution is 14.1. The molecule has 0 bridgehead atoms. The van der Waals surface area contributed by atoms with Crippen LogP contribution in [-0.4, -0.2) is 9.97 Å². The largest absolute Gasteiger partial charge is 0.439 e. The van der Waals surface area contributed by atoms with Crippen LogP contribution < -0.4 is 4.74 Å². The van der Waals surface area contributed by atoms with E-state index < -0.39 is 0 Å². The maximum absolute atomic E-state index is 5.62. The fraction of sp³-hybridized carbons (Fsp3) is 0.167. The number of nitrogens with zero attached hydrogens (tertiary/aromatic N) is 2. The Bertz CT molecular complexity index is 471. The summed E-state index contributed by atoms with van der Waals surface area (Å²) in [6.45, 7) is 2.05. The molecule has 0 aliphatic rings. The quantitative estimate of drug-likeness (QED) is 0.811. The number of halogens is 1. The lowest BCUT2D eigenvalue weighted by atomic mass is 10.3. The van der Waals surface area contributed by atoms with E-state index in [2.05, 4.69) is 39.5 Å². The summed E-state index contributed by atoms with van der Waals surface area (Å²) in [6, 6.07) is 9.71. The summed E-state index contributed by atoms with van der Waals surface area (Å²) < 4.78 is 6.80. The van der Waals surface area contributed by atoms with Crippen LogP contribution in [-0.2, 0) is 6.42 Å². The molecule has 0 saturated heterocycles. The Labute approximate surface area is 108 Å². The zero-order valence-electron chi connectivity index (χ0n) is 8.85. The predicted molar refractivity (Wildman–Crippen MR) is 70.6 cm³/mol. The van der Waals surface area contributed by atoms with Crippen molar-refractivity contribution in [2.24, 2.45) is 0 Å². The van der Waals surface area contributed by atoms with E-state index in [0.29, 0.717) is 5.88 Å². The van der Waals surface area contributed by atoms with Crippen LogP contribution >= 0.6 is 22.6 Å². The molecule has 0 saturated carbocycles. The zero-order valence-corrected chi connectivity index (χ0v) is 11.0. The van der Waals surface area contributed by atoms with Crippen molar-refractivity contribution in [1.82, 2.24) is 9.97 Å². The van der Waals surface area contributed by atoms with Gasteiger partial charge >= 0.3 is 0 Å². The Kier molecular flexibility index (Phi) is 3.71. The van der Waals surface area contributed by atoms with Gasteiger partial charge in [-0.05, 0) is 53.3 Å². The molecule has 0 fully saturated rings. The van der Waals surface area contributed by atoms with Crippen LogP contribution in [0.15, 0.2) is 36.7 Å². The second kappa shape index (κ2) is 5.25. The Morgan fingerprint density at radius 2 is 1.94 bits per heavy atom. The van der Waals surface area contributed by atoms with Gasteiger partial charge in [0, 0.05) is 15.3 Å². The van der Waals surface area contributed by atoms with E-state index in [0.717, 1.165) is 17.9 Å². The molecule has 0 amide bonds. The second-order valence-corrected chi connectivity index (χ2v) is 4.50. The van der Waals surface area contributed by atoms with Crippen LogP contribution in [0.3, 0.4) is 0 Å². The molecule has 0 atom stereocenters. The molecule has 0 aliphatic carbocycles. The van der Waals surface area contributed by atoms with Gasteiger partial charge in [0.05, 0.1) is 0 Å². The minimum atomic E-state index is 0.591. The van der Waals surface area contributed by atoms with Crippen LogP contribution in [0.5, 0.6) is 11.6 Å². The maximum Gasteiger partial charge on any atom is 0.222 e. The molecule has 2 rings (SSSR count). The first-order valence-corrected chi connectivity index (χ1v) is 6.10. The minimum absolute atomic E-state index is 0.591. The van der Waals surface area contributed by atoms with Gasteiger partial charge in [0.2, 0.25) is 5.88 Å². The first-order chi connectivity index (χ1) is 7.78. The number of hydrogen-bond acceptors (Lipinski definition) is 3. The molecule has 0 radical (unpaired) electrons. The molecule has 0 N–H and O–H groups in total. The van der Waals surface area contributed by atoms with Gasteiger partial charge in [-0.1, -0.05) is 6.92 Å². The third-order valence-corrected chi connectivity index (χ3v) is 2.82. The van der Waals surface area contributed by atoms with Gasteiger partial charge in [0.25, 0.3) is 0 Å². The van der Waals surface area contributed by atoms with E-state index >= 15 is 0 Å². The third-order valence-electron chi connectivity index (χ3n) is 2.10. The summed E-state index contributed by atoms with van der Waals surface area (Å²) in [5, 5.41) is 0. The van der Waals surface area contributed by atoms with Crippen LogP contribution in [0.4, 0.5) is 0 Å². The average Bonchev–Trinajstić information content (AvgIpc) is 2.32. The summed E-state index contributed by atoms with van der Waals surface area (Å²) >= 11 is 2.26. The molecule has 1 aromatic carbocycles. The van der Waals surface area contributed by atoms with Crippen molar-refractivity contribution in [3.05, 3.63) is 45.9 Å². The smallest absolute Gasteiger partial charge is 0.222 e. The van der Waals surface area contributed by atoms with Gasteiger partial charge in [-0.2, -0.15) is 0 Å².